The molecule has 3 aliphatic rings. The maximum atomic E-state index is 13.3. The molecular weight excluding hydrogens is 467 g/mol. The summed E-state index contributed by atoms with van der Waals surface area (Å²) < 4.78 is 44.2. The zero-order valence-electron chi connectivity index (χ0n) is 18.9. The minimum Gasteiger partial charge on any atom is -0.379 e. The summed E-state index contributed by atoms with van der Waals surface area (Å²) in [7, 11) is 0. The van der Waals surface area contributed by atoms with Crippen molar-refractivity contribution >= 4 is 17.8 Å². The summed E-state index contributed by atoms with van der Waals surface area (Å²) in [6.45, 7) is 6.22. The Hall–Kier alpha value is -3.38. The van der Waals surface area contributed by atoms with Gasteiger partial charge in [0.05, 0.1) is 42.6 Å². The van der Waals surface area contributed by atoms with E-state index >= 15 is 0 Å². The van der Waals surface area contributed by atoms with Crippen LogP contribution >= 0.6 is 0 Å². The summed E-state index contributed by atoms with van der Waals surface area (Å²) in [6, 6.07) is 2.98. The SMILES string of the molecule is C=CCN1C(=O)NC(c2ccc(C(F)(F)F)cc2)C2=C1CN(CCC(=O)NN1CCOCC1)C2=O. The molecule has 4 amide bonds. The van der Waals surface area contributed by atoms with Crippen molar-refractivity contribution < 1.29 is 32.3 Å². The van der Waals surface area contributed by atoms with Crippen molar-refractivity contribution in [3.8, 4) is 0 Å². The van der Waals surface area contributed by atoms with E-state index in [1.807, 2.05) is 0 Å². The van der Waals surface area contributed by atoms with Gasteiger partial charge in [-0.1, -0.05) is 18.2 Å². The predicted molar refractivity (Wildman–Crippen MR) is 118 cm³/mol. The first kappa shape index (κ1) is 24.7. The second-order valence-electron chi connectivity index (χ2n) is 8.37. The van der Waals surface area contributed by atoms with Gasteiger partial charge in [0.25, 0.3) is 5.91 Å². The van der Waals surface area contributed by atoms with E-state index < -0.39 is 23.8 Å². The van der Waals surface area contributed by atoms with E-state index in [0.717, 1.165) is 12.1 Å². The van der Waals surface area contributed by atoms with Gasteiger partial charge in [-0.2, -0.15) is 13.2 Å². The van der Waals surface area contributed by atoms with Crippen LogP contribution in [0.25, 0.3) is 0 Å². The highest BCUT2D eigenvalue weighted by molar-refractivity contribution is 6.01. The van der Waals surface area contributed by atoms with Crippen molar-refractivity contribution in [2.75, 3.05) is 45.9 Å². The van der Waals surface area contributed by atoms with Crippen LogP contribution in [0.3, 0.4) is 0 Å². The number of alkyl halides is 3. The number of urea groups is 1. The number of carbonyl (C=O) groups excluding carboxylic acids is 3. The molecule has 0 saturated carbocycles. The van der Waals surface area contributed by atoms with Crippen molar-refractivity contribution in [3.63, 3.8) is 0 Å². The molecule has 1 aromatic rings. The highest BCUT2D eigenvalue weighted by Crippen LogP contribution is 2.37. The highest BCUT2D eigenvalue weighted by Gasteiger charge is 2.44. The number of nitrogens with zero attached hydrogens (tertiary/aromatic N) is 3. The lowest BCUT2D eigenvalue weighted by Crippen LogP contribution is -2.49. The summed E-state index contributed by atoms with van der Waals surface area (Å²) >= 11 is 0. The minimum atomic E-state index is -4.50. The number of carbonyl (C=O) groups is 3. The molecule has 0 aromatic heterocycles. The number of nitrogens with one attached hydrogen (secondary N) is 2. The van der Waals surface area contributed by atoms with Gasteiger partial charge >= 0.3 is 12.2 Å². The lowest BCUT2D eigenvalue weighted by Gasteiger charge is -2.33. The Kier molecular flexibility index (Phi) is 7.13. The molecule has 9 nitrogen and oxygen atoms in total. The maximum absolute atomic E-state index is 13.3. The van der Waals surface area contributed by atoms with Gasteiger partial charge in [-0.25, -0.2) is 9.80 Å². The number of hydrogen-bond donors (Lipinski definition) is 2. The largest absolute Gasteiger partial charge is 0.416 e. The molecule has 1 atom stereocenters. The Morgan fingerprint density at radius 2 is 1.89 bits per heavy atom. The first-order valence-corrected chi connectivity index (χ1v) is 11.2. The third-order valence-electron chi connectivity index (χ3n) is 6.08. The van der Waals surface area contributed by atoms with Crippen LogP contribution in [0.2, 0.25) is 0 Å². The number of ether oxygens (including phenoxy) is 1. The normalized spacial score (nSPS) is 21.2. The molecule has 0 aliphatic carbocycles. The van der Waals surface area contributed by atoms with Crippen molar-refractivity contribution in [2.24, 2.45) is 0 Å². The van der Waals surface area contributed by atoms with E-state index in [2.05, 4.69) is 17.3 Å². The standard InChI is InChI=1S/C23H26F3N5O4/c1-2-8-31-17-14-29(9-7-18(32)28-30-10-12-35-13-11-30)21(33)19(17)20(27-22(31)34)15-3-5-16(6-4-15)23(24,25)26/h2-6,20H,1,7-14H2,(H,27,34)(H,28,32). The van der Waals surface area contributed by atoms with Gasteiger partial charge in [-0.05, 0) is 17.7 Å². The molecule has 1 saturated heterocycles. The van der Waals surface area contributed by atoms with Gasteiger partial charge < -0.3 is 15.0 Å². The number of hydrazine groups is 1. The fourth-order valence-electron chi connectivity index (χ4n) is 4.31. The maximum Gasteiger partial charge on any atom is 0.416 e. The topological polar surface area (TPSA) is 94.2 Å². The van der Waals surface area contributed by atoms with E-state index in [1.165, 1.54) is 28.0 Å². The number of rotatable bonds is 7. The second-order valence-corrected chi connectivity index (χ2v) is 8.37. The average Bonchev–Trinajstić information content (AvgIpc) is 3.15. The number of morpholine rings is 1. The molecule has 3 heterocycles. The van der Waals surface area contributed by atoms with Crippen LogP contribution in [0.4, 0.5) is 18.0 Å². The van der Waals surface area contributed by atoms with Crippen LogP contribution in [0.5, 0.6) is 0 Å². The molecule has 0 radical (unpaired) electrons. The van der Waals surface area contributed by atoms with Crippen molar-refractivity contribution in [1.29, 1.82) is 0 Å². The average molecular weight is 493 g/mol. The van der Waals surface area contributed by atoms with Gasteiger partial charge in [-0.3, -0.25) is 19.9 Å². The molecular formula is C23H26F3N5O4. The number of halogens is 3. The third kappa shape index (κ3) is 5.33. The lowest BCUT2D eigenvalue weighted by molar-refractivity contribution is -0.137. The van der Waals surface area contributed by atoms with Gasteiger partial charge in [0.2, 0.25) is 5.91 Å². The Balaban J connectivity index is 1.51. The van der Waals surface area contributed by atoms with Gasteiger partial charge in [0.15, 0.2) is 0 Å². The van der Waals surface area contributed by atoms with E-state index in [1.54, 1.807) is 5.01 Å². The molecule has 0 spiro atoms. The Morgan fingerprint density at radius 1 is 1.20 bits per heavy atom. The monoisotopic (exact) mass is 493 g/mol. The van der Waals surface area contributed by atoms with Crippen molar-refractivity contribution in [1.82, 2.24) is 25.6 Å². The molecule has 1 unspecified atom stereocenters. The summed E-state index contributed by atoms with van der Waals surface area (Å²) in [5, 5.41) is 4.48. The fourth-order valence-corrected chi connectivity index (χ4v) is 4.31. The van der Waals surface area contributed by atoms with Gasteiger partial charge in [0.1, 0.15) is 0 Å². The predicted octanol–water partition coefficient (Wildman–Crippen LogP) is 1.81. The number of hydrogen-bond acceptors (Lipinski definition) is 5. The summed E-state index contributed by atoms with van der Waals surface area (Å²) in [6.07, 6.45) is -2.93. The molecule has 1 aromatic carbocycles. The van der Waals surface area contributed by atoms with Crippen LogP contribution in [0.15, 0.2) is 48.2 Å². The zero-order chi connectivity index (χ0) is 25.2. The first-order chi connectivity index (χ1) is 16.7. The smallest absolute Gasteiger partial charge is 0.379 e. The molecule has 0 bridgehead atoms. The highest BCUT2D eigenvalue weighted by atomic mass is 19.4. The Morgan fingerprint density at radius 3 is 2.51 bits per heavy atom. The number of benzene rings is 1. The van der Waals surface area contributed by atoms with Crippen LogP contribution in [-0.2, 0) is 20.5 Å². The van der Waals surface area contributed by atoms with Gasteiger partial charge in [0, 0.05) is 32.6 Å². The van der Waals surface area contributed by atoms with E-state index in [0.29, 0.717) is 37.6 Å². The van der Waals surface area contributed by atoms with Crippen LogP contribution in [0.1, 0.15) is 23.6 Å². The molecule has 1 fully saturated rings. The van der Waals surface area contributed by atoms with E-state index in [9.17, 15) is 27.6 Å². The zero-order valence-corrected chi connectivity index (χ0v) is 18.9. The van der Waals surface area contributed by atoms with Crippen LogP contribution < -0.4 is 10.7 Å². The van der Waals surface area contributed by atoms with Crippen LogP contribution in [-0.4, -0.2) is 78.6 Å². The fraction of sp³-hybridized carbons (Fsp3) is 0.435. The van der Waals surface area contributed by atoms with Crippen molar-refractivity contribution in [2.45, 2.75) is 18.6 Å². The van der Waals surface area contributed by atoms with E-state index in [4.69, 9.17) is 4.74 Å². The van der Waals surface area contributed by atoms with E-state index in [-0.39, 0.29) is 43.4 Å². The molecule has 35 heavy (non-hydrogen) atoms. The second kappa shape index (κ2) is 10.1. The van der Waals surface area contributed by atoms with Crippen LogP contribution in [0, 0.1) is 0 Å². The van der Waals surface area contributed by atoms with Gasteiger partial charge in [-0.15, -0.1) is 6.58 Å². The lowest BCUT2D eigenvalue weighted by atomic mass is 9.94. The summed E-state index contributed by atoms with van der Waals surface area (Å²) in [4.78, 5) is 41.3. The minimum absolute atomic E-state index is 0.0530. The van der Waals surface area contributed by atoms with Crippen molar-refractivity contribution in [3.05, 3.63) is 59.3 Å². The molecule has 3 aliphatic heterocycles. The molecule has 188 valence electrons. The Bertz CT molecular complexity index is 1030. The molecule has 4 rings (SSSR count). The third-order valence-corrected chi connectivity index (χ3v) is 6.08. The Labute approximate surface area is 200 Å². The number of amides is 4. The summed E-state index contributed by atoms with van der Waals surface area (Å²) in [5.41, 5.74) is 3.06. The first-order valence-electron chi connectivity index (χ1n) is 11.2. The summed E-state index contributed by atoms with van der Waals surface area (Å²) in [5.74, 6) is -0.626. The molecule has 12 heteroatoms. The molecule has 2 N–H and O–H groups in total. The quantitative estimate of drug-likeness (QED) is 0.566.